The van der Waals surface area contributed by atoms with E-state index < -0.39 is 47.9 Å². The molecule has 0 aliphatic rings. The van der Waals surface area contributed by atoms with Crippen molar-refractivity contribution in [3.8, 4) is 5.75 Å². The van der Waals surface area contributed by atoms with Crippen LogP contribution in [0.4, 0.5) is 0 Å². The summed E-state index contributed by atoms with van der Waals surface area (Å²) in [7, 11) is 0. The number of hydrogen-bond acceptors (Lipinski definition) is 8. The van der Waals surface area contributed by atoms with Gasteiger partial charge in [0.2, 0.25) is 17.7 Å². The zero-order valence-corrected chi connectivity index (χ0v) is 21.8. The summed E-state index contributed by atoms with van der Waals surface area (Å²) < 4.78 is 0. The van der Waals surface area contributed by atoms with Crippen LogP contribution in [0.5, 0.6) is 5.75 Å². The lowest BCUT2D eigenvalue weighted by molar-refractivity contribution is -0.142. The Morgan fingerprint density at radius 2 is 1.59 bits per heavy atom. The van der Waals surface area contributed by atoms with Crippen molar-refractivity contribution in [3.05, 3.63) is 29.8 Å². The second-order valence-electron chi connectivity index (χ2n) is 8.40. The Balaban J connectivity index is 2.82. The molecule has 37 heavy (non-hydrogen) atoms. The van der Waals surface area contributed by atoms with Crippen molar-refractivity contribution in [3.63, 3.8) is 0 Å². The number of nitrogens with zero attached hydrogens (tertiary/aromatic N) is 1. The van der Waals surface area contributed by atoms with Crippen LogP contribution in [0.3, 0.4) is 0 Å². The van der Waals surface area contributed by atoms with Crippen molar-refractivity contribution < 1.29 is 29.4 Å². The van der Waals surface area contributed by atoms with Crippen molar-refractivity contribution >= 4 is 41.4 Å². The lowest BCUT2D eigenvalue weighted by Crippen LogP contribution is -2.56. The number of thioether (sulfide) groups is 1. The summed E-state index contributed by atoms with van der Waals surface area (Å²) in [6.07, 6.45) is 2.82. The lowest BCUT2D eigenvalue weighted by atomic mass is 10.1. The molecule has 0 heterocycles. The third-order valence-electron chi connectivity index (χ3n) is 5.29. The van der Waals surface area contributed by atoms with Crippen LogP contribution in [0.2, 0.25) is 0 Å². The second kappa shape index (κ2) is 16.3. The maximum atomic E-state index is 12.9. The van der Waals surface area contributed by atoms with Gasteiger partial charge in [-0.05, 0) is 55.9 Å². The quantitative estimate of drug-likeness (QED) is 0.0696. The first-order valence-electron chi connectivity index (χ1n) is 11.7. The summed E-state index contributed by atoms with van der Waals surface area (Å²) in [5.74, 6) is -2.53. The largest absolute Gasteiger partial charge is 0.508 e. The number of amides is 3. The highest BCUT2D eigenvalue weighted by molar-refractivity contribution is 7.98. The fourth-order valence-electron chi connectivity index (χ4n) is 3.17. The zero-order chi connectivity index (χ0) is 28.0. The highest BCUT2D eigenvalue weighted by Crippen LogP contribution is 2.11. The number of aliphatic carboxylic acids is 1. The van der Waals surface area contributed by atoms with Gasteiger partial charge >= 0.3 is 5.97 Å². The van der Waals surface area contributed by atoms with Crippen LogP contribution in [0.25, 0.3) is 0 Å². The number of nitrogens with two attached hydrogens (primary N) is 3. The maximum absolute atomic E-state index is 12.9. The molecule has 0 bridgehead atoms. The van der Waals surface area contributed by atoms with E-state index in [1.54, 1.807) is 12.1 Å². The summed E-state index contributed by atoms with van der Waals surface area (Å²) in [5.41, 5.74) is 17.1. The average molecular weight is 540 g/mol. The molecule has 0 fully saturated rings. The van der Waals surface area contributed by atoms with Crippen molar-refractivity contribution in [2.24, 2.45) is 22.2 Å². The minimum atomic E-state index is -1.26. The average Bonchev–Trinajstić information content (AvgIpc) is 2.84. The first-order chi connectivity index (χ1) is 17.4. The molecule has 14 heteroatoms. The Morgan fingerprint density at radius 1 is 0.973 bits per heavy atom. The number of carboxylic acids is 1. The summed E-state index contributed by atoms with van der Waals surface area (Å²) in [6, 6.07) is 1.73. The van der Waals surface area contributed by atoms with E-state index in [0.29, 0.717) is 24.2 Å². The van der Waals surface area contributed by atoms with E-state index in [4.69, 9.17) is 17.2 Å². The molecule has 0 aliphatic heterocycles. The van der Waals surface area contributed by atoms with Crippen LogP contribution in [0, 0.1) is 0 Å². The van der Waals surface area contributed by atoms with Gasteiger partial charge < -0.3 is 43.4 Å². The number of guanidine groups is 1. The van der Waals surface area contributed by atoms with Crippen LogP contribution in [0.15, 0.2) is 29.3 Å². The Bertz CT molecular complexity index is 940. The number of benzene rings is 1. The number of hydrogen-bond donors (Lipinski definition) is 8. The molecule has 0 spiro atoms. The number of aromatic hydroxyl groups is 1. The van der Waals surface area contributed by atoms with E-state index in [1.165, 1.54) is 30.8 Å². The molecule has 13 nitrogen and oxygen atoms in total. The van der Waals surface area contributed by atoms with E-state index >= 15 is 0 Å². The topological polar surface area (TPSA) is 235 Å². The molecule has 0 saturated carbocycles. The Labute approximate surface area is 220 Å². The maximum Gasteiger partial charge on any atom is 0.326 e. The standard InChI is InChI=1S/C23H37N7O6S/c1-13(19(32)30-18(22(35)36)12-14-5-7-15(31)8-6-14)28-21(34)17(4-3-10-27-23(25)26)29-20(33)16(24)9-11-37-2/h5-8,13,16-18,31H,3-4,9-12,24H2,1-2H3,(H,28,34)(H,29,33)(H,30,32)(H,35,36)(H4,25,26,27). The van der Waals surface area contributed by atoms with Gasteiger partial charge in [-0.3, -0.25) is 19.4 Å². The zero-order valence-electron chi connectivity index (χ0n) is 21.0. The van der Waals surface area contributed by atoms with Crippen LogP contribution < -0.4 is 33.2 Å². The SMILES string of the molecule is CSCCC(N)C(=O)NC(CCCN=C(N)N)C(=O)NC(C)C(=O)NC(Cc1ccc(O)cc1)C(=O)O. The van der Waals surface area contributed by atoms with Gasteiger partial charge in [0.25, 0.3) is 0 Å². The molecule has 206 valence electrons. The van der Waals surface area contributed by atoms with Gasteiger partial charge in [0.1, 0.15) is 23.9 Å². The highest BCUT2D eigenvalue weighted by atomic mass is 32.2. The number of rotatable bonds is 16. The number of carbonyl (C=O) groups is 4. The first kappa shape index (κ1) is 31.5. The molecule has 0 aliphatic carbocycles. The fourth-order valence-corrected chi connectivity index (χ4v) is 3.66. The van der Waals surface area contributed by atoms with E-state index in [0.717, 1.165) is 0 Å². The van der Waals surface area contributed by atoms with Crippen molar-refractivity contribution in [1.82, 2.24) is 16.0 Å². The van der Waals surface area contributed by atoms with Gasteiger partial charge in [-0.25, -0.2) is 4.79 Å². The van der Waals surface area contributed by atoms with Gasteiger partial charge in [0, 0.05) is 13.0 Å². The monoisotopic (exact) mass is 539 g/mol. The van der Waals surface area contributed by atoms with Gasteiger partial charge in [-0.15, -0.1) is 0 Å². The minimum absolute atomic E-state index is 0.0283. The predicted octanol–water partition coefficient (Wildman–Crippen LogP) is -1.37. The Hall–Kier alpha value is -3.52. The molecule has 0 radical (unpaired) electrons. The second-order valence-corrected chi connectivity index (χ2v) is 9.38. The number of aliphatic imine (C=N–C) groups is 1. The summed E-state index contributed by atoms with van der Waals surface area (Å²) in [4.78, 5) is 53.6. The lowest BCUT2D eigenvalue weighted by Gasteiger charge is -2.23. The number of carboxylic acid groups (broad SMARTS) is 1. The van der Waals surface area contributed by atoms with Crippen LogP contribution in [-0.4, -0.2) is 82.6 Å². The van der Waals surface area contributed by atoms with E-state index in [1.807, 2.05) is 6.26 Å². The van der Waals surface area contributed by atoms with E-state index in [9.17, 15) is 29.4 Å². The Kier molecular flexibility index (Phi) is 13.9. The van der Waals surface area contributed by atoms with Crippen molar-refractivity contribution in [2.75, 3.05) is 18.6 Å². The van der Waals surface area contributed by atoms with Crippen LogP contribution >= 0.6 is 11.8 Å². The molecular formula is C23H37N7O6S. The minimum Gasteiger partial charge on any atom is -0.508 e. The smallest absolute Gasteiger partial charge is 0.326 e. The van der Waals surface area contributed by atoms with Gasteiger partial charge in [0.05, 0.1) is 6.04 Å². The molecule has 4 unspecified atom stereocenters. The van der Waals surface area contributed by atoms with Crippen LogP contribution in [-0.2, 0) is 25.6 Å². The molecule has 4 atom stereocenters. The molecule has 1 rings (SSSR count). The number of carbonyl (C=O) groups excluding carboxylic acids is 3. The third-order valence-corrected chi connectivity index (χ3v) is 5.93. The molecular weight excluding hydrogens is 502 g/mol. The summed E-state index contributed by atoms with van der Waals surface area (Å²) in [6.45, 7) is 1.63. The molecule has 0 saturated heterocycles. The van der Waals surface area contributed by atoms with Crippen molar-refractivity contribution in [1.29, 1.82) is 0 Å². The fraction of sp³-hybridized carbons (Fsp3) is 0.522. The number of phenols is 1. The van der Waals surface area contributed by atoms with Gasteiger partial charge in [-0.2, -0.15) is 11.8 Å². The van der Waals surface area contributed by atoms with E-state index in [-0.39, 0.29) is 31.1 Å². The summed E-state index contributed by atoms with van der Waals surface area (Å²) in [5, 5.41) is 26.4. The summed E-state index contributed by atoms with van der Waals surface area (Å²) >= 11 is 1.54. The highest BCUT2D eigenvalue weighted by Gasteiger charge is 2.28. The van der Waals surface area contributed by atoms with Gasteiger partial charge in [-0.1, -0.05) is 12.1 Å². The van der Waals surface area contributed by atoms with Gasteiger partial charge in [0.15, 0.2) is 5.96 Å². The predicted molar refractivity (Wildman–Crippen MR) is 142 cm³/mol. The van der Waals surface area contributed by atoms with Crippen LogP contribution in [0.1, 0.15) is 31.7 Å². The number of phenolic OH excluding ortho intramolecular Hbond substituents is 1. The Morgan fingerprint density at radius 3 is 2.16 bits per heavy atom. The molecule has 11 N–H and O–H groups in total. The van der Waals surface area contributed by atoms with Crippen molar-refractivity contribution in [2.45, 2.75) is 56.8 Å². The third kappa shape index (κ3) is 12.3. The first-order valence-corrected chi connectivity index (χ1v) is 13.1. The molecule has 0 aromatic heterocycles. The molecule has 1 aromatic rings. The van der Waals surface area contributed by atoms with E-state index in [2.05, 4.69) is 20.9 Å². The normalized spacial score (nSPS) is 13.9. The molecule has 1 aromatic carbocycles. The molecule has 3 amide bonds. The number of nitrogens with one attached hydrogen (secondary N) is 3.